The van der Waals surface area contributed by atoms with Gasteiger partial charge < -0.3 is 9.80 Å². The van der Waals surface area contributed by atoms with Gasteiger partial charge in [0.1, 0.15) is 5.82 Å². The molecule has 2 aliphatic rings. The van der Waals surface area contributed by atoms with Crippen LogP contribution in [-0.2, 0) is 17.1 Å². The normalized spacial score (nSPS) is 21.6. The Morgan fingerprint density at radius 3 is 2.53 bits per heavy atom. The first-order valence-electron chi connectivity index (χ1n) is 15.7. The molecule has 9 nitrogen and oxygen atoms in total. The molecule has 0 bridgehead atoms. The quantitative estimate of drug-likeness (QED) is 0.349. The number of pyridine rings is 1. The number of rotatable bonds is 10. The molecule has 1 saturated carbocycles. The van der Waals surface area contributed by atoms with Gasteiger partial charge in [0.15, 0.2) is 5.65 Å². The molecule has 11 heteroatoms. The van der Waals surface area contributed by atoms with Crippen LogP contribution in [0.4, 0.5) is 4.39 Å². The molecule has 2 aromatic heterocycles. The van der Waals surface area contributed by atoms with Gasteiger partial charge in [0.05, 0.1) is 17.5 Å². The highest BCUT2D eigenvalue weighted by molar-refractivity contribution is 7.89. The standard InChI is InChI=1S/C32H45FN6O3S/c1-6-39(21(3)4)32(40)28-16-24(33)10-13-26(28)27-17-30(35-31-29(27)18-34-37(31)5)23-14-15-38(20-23)19-22-8-11-25(12-9-22)36-43(41,42)7-2/h10,13,16-18,21-23,25,36H,6-9,11-12,14-15,19-20H2,1-5H3. The van der Waals surface area contributed by atoms with Crippen LogP contribution in [0, 0.1) is 11.7 Å². The van der Waals surface area contributed by atoms with Crippen molar-refractivity contribution in [2.75, 3.05) is 31.9 Å². The number of hydrogen-bond donors (Lipinski definition) is 1. The first-order chi connectivity index (χ1) is 20.5. The number of benzene rings is 1. The lowest BCUT2D eigenvalue weighted by Crippen LogP contribution is -2.40. The van der Waals surface area contributed by atoms with Gasteiger partial charge in [-0.1, -0.05) is 6.07 Å². The van der Waals surface area contributed by atoms with E-state index in [9.17, 15) is 17.6 Å². The zero-order valence-corrected chi connectivity index (χ0v) is 26.8. The second-order valence-corrected chi connectivity index (χ2v) is 14.5. The summed E-state index contributed by atoms with van der Waals surface area (Å²) in [5, 5.41) is 5.32. The van der Waals surface area contributed by atoms with Gasteiger partial charge in [0.2, 0.25) is 10.0 Å². The van der Waals surface area contributed by atoms with E-state index >= 15 is 0 Å². The predicted molar refractivity (Wildman–Crippen MR) is 168 cm³/mol. The molecule has 1 unspecified atom stereocenters. The van der Waals surface area contributed by atoms with E-state index < -0.39 is 15.8 Å². The van der Waals surface area contributed by atoms with Gasteiger partial charge >= 0.3 is 0 Å². The van der Waals surface area contributed by atoms with E-state index in [2.05, 4.69) is 20.8 Å². The molecule has 1 saturated heterocycles. The van der Waals surface area contributed by atoms with Crippen molar-refractivity contribution in [3.63, 3.8) is 0 Å². The summed E-state index contributed by atoms with van der Waals surface area (Å²) in [6.07, 6.45) is 6.56. The van der Waals surface area contributed by atoms with Crippen LogP contribution in [0.15, 0.2) is 30.5 Å². The van der Waals surface area contributed by atoms with E-state index in [4.69, 9.17) is 4.98 Å². The Bertz CT molecular complexity index is 1560. The minimum Gasteiger partial charge on any atom is -0.336 e. The lowest BCUT2D eigenvalue weighted by Gasteiger charge is -2.31. The summed E-state index contributed by atoms with van der Waals surface area (Å²) in [5.41, 5.74) is 3.60. The Balaban J connectivity index is 1.37. The van der Waals surface area contributed by atoms with E-state index in [0.717, 1.165) is 74.0 Å². The van der Waals surface area contributed by atoms with Crippen molar-refractivity contribution in [2.24, 2.45) is 13.0 Å². The Hall–Kier alpha value is -2.89. The number of sulfonamides is 1. The van der Waals surface area contributed by atoms with E-state index in [-0.39, 0.29) is 29.7 Å². The lowest BCUT2D eigenvalue weighted by atomic mass is 9.86. The van der Waals surface area contributed by atoms with E-state index in [1.165, 1.54) is 12.1 Å². The number of nitrogens with one attached hydrogen (secondary N) is 1. The number of aryl methyl sites for hydroxylation is 1. The molecule has 0 radical (unpaired) electrons. The third-order valence-corrected chi connectivity index (χ3v) is 10.7. The Kier molecular flexibility index (Phi) is 9.53. The Labute approximate surface area is 254 Å². The molecular weight excluding hydrogens is 567 g/mol. The zero-order valence-electron chi connectivity index (χ0n) is 26.0. The first-order valence-corrected chi connectivity index (χ1v) is 17.3. The summed E-state index contributed by atoms with van der Waals surface area (Å²) in [6.45, 7) is 11.0. The van der Waals surface area contributed by atoms with Gasteiger partial charge in [-0.2, -0.15) is 5.10 Å². The van der Waals surface area contributed by atoms with Gasteiger partial charge in [-0.05, 0) is 102 Å². The largest absolute Gasteiger partial charge is 0.336 e. The maximum absolute atomic E-state index is 14.5. The van der Waals surface area contributed by atoms with E-state index in [1.54, 1.807) is 28.8 Å². The highest BCUT2D eigenvalue weighted by atomic mass is 32.2. The topological polar surface area (TPSA) is 100 Å². The van der Waals surface area contributed by atoms with Crippen LogP contribution in [0.25, 0.3) is 22.2 Å². The van der Waals surface area contributed by atoms with Crippen LogP contribution in [0.1, 0.15) is 81.8 Å². The SMILES string of the molecule is CCN(C(=O)c1cc(F)ccc1-c1cc(C2CCN(CC3CCC(NS(=O)(=O)CC)CC3)C2)nc2c1cnn2C)C(C)C. The first kappa shape index (κ1) is 31.5. The number of likely N-dealkylation sites (tertiary alicyclic amines) is 1. The van der Waals surface area contributed by atoms with Gasteiger partial charge in [-0.25, -0.2) is 22.5 Å². The lowest BCUT2D eigenvalue weighted by molar-refractivity contribution is 0.0717. The van der Waals surface area contributed by atoms with Crippen LogP contribution in [0.2, 0.25) is 0 Å². The Morgan fingerprint density at radius 1 is 1.12 bits per heavy atom. The van der Waals surface area contributed by atoms with Crippen LogP contribution >= 0.6 is 0 Å². The maximum Gasteiger partial charge on any atom is 0.254 e. The number of hydrogen-bond acceptors (Lipinski definition) is 6. The van der Waals surface area contributed by atoms with Crippen LogP contribution < -0.4 is 4.72 Å². The molecule has 0 spiro atoms. The number of aromatic nitrogens is 3. The summed E-state index contributed by atoms with van der Waals surface area (Å²) in [4.78, 5) is 23.0. The summed E-state index contributed by atoms with van der Waals surface area (Å²) in [5.74, 6) is 0.280. The summed E-state index contributed by atoms with van der Waals surface area (Å²) in [7, 11) is -1.30. The van der Waals surface area contributed by atoms with Crippen molar-refractivity contribution in [3.8, 4) is 11.1 Å². The average molecular weight is 613 g/mol. The number of nitrogens with zero attached hydrogens (tertiary/aromatic N) is 5. The highest BCUT2D eigenvalue weighted by Gasteiger charge is 2.31. The molecule has 3 heterocycles. The van der Waals surface area contributed by atoms with Crippen LogP contribution in [-0.4, -0.2) is 82.9 Å². The molecule has 2 fully saturated rings. The number of amides is 1. The van der Waals surface area contributed by atoms with Gasteiger partial charge in [0, 0.05) is 55.8 Å². The molecule has 5 rings (SSSR count). The van der Waals surface area contributed by atoms with Crippen LogP contribution in [0.3, 0.4) is 0 Å². The molecule has 3 aromatic rings. The van der Waals surface area contributed by atoms with E-state index in [1.807, 2.05) is 27.8 Å². The number of carbonyl (C=O) groups excluding carboxylic acids is 1. The molecule has 234 valence electrons. The number of halogens is 1. The Morgan fingerprint density at radius 2 is 1.86 bits per heavy atom. The van der Waals surface area contributed by atoms with E-state index in [0.29, 0.717) is 23.6 Å². The molecule has 1 aromatic carbocycles. The minimum absolute atomic E-state index is 0.0137. The second kappa shape index (κ2) is 13.0. The van der Waals surface area contributed by atoms with Gasteiger partial charge in [0.25, 0.3) is 5.91 Å². The van der Waals surface area contributed by atoms with Gasteiger partial charge in [-0.15, -0.1) is 0 Å². The minimum atomic E-state index is -3.17. The fourth-order valence-corrected chi connectivity index (χ4v) is 7.71. The van der Waals surface area contributed by atoms with Gasteiger partial charge in [-0.3, -0.25) is 9.48 Å². The van der Waals surface area contributed by atoms with Crippen molar-refractivity contribution >= 4 is 27.0 Å². The molecular formula is C32H45FN6O3S. The monoisotopic (exact) mass is 612 g/mol. The number of fused-ring (bicyclic) bond motifs is 1. The van der Waals surface area contributed by atoms with Crippen LogP contribution in [0.5, 0.6) is 0 Å². The maximum atomic E-state index is 14.5. The summed E-state index contributed by atoms with van der Waals surface area (Å²) >= 11 is 0. The fraction of sp³-hybridized carbons (Fsp3) is 0.594. The second-order valence-electron chi connectivity index (χ2n) is 12.5. The third-order valence-electron chi connectivity index (χ3n) is 9.23. The fourth-order valence-electron chi connectivity index (χ4n) is 6.80. The molecule has 1 amide bonds. The summed E-state index contributed by atoms with van der Waals surface area (Å²) < 4.78 is 43.1. The zero-order chi connectivity index (χ0) is 30.9. The number of carbonyl (C=O) groups is 1. The highest BCUT2D eigenvalue weighted by Crippen LogP contribution is 2.37. The molecule has 1 aliphatic heterocycles. The molecule has 1 N–H and O–H groups in total. The smallest absolute Gasteiger partial charge is 0.254 e. The van der Waals surface area contributed by atoms with Crippen molar-refractivity contribution < 1.29 is 17.6 Å². The predicted octanol–water partition coefficient (Wildman–Crippen LogP) is 4.93. The van der Waals surface area contributed by atoms with Crippen molar-refractivity contribution in [1.82, 2.24) is 29.3 Å². The van der Waals surface area contributed by atoms with Crippen molar-refractivity contribution in [1.29, 1.82) is 0 Å². The molecule has 1 aliphatic carbocycles. The molecule has 1 atom stereocenters. The van der Waals surface area contributed by atoms with Crippen molar-refractivity contribution in [2.45, 2.75) is 77.8 Å². The van der Waals surface area contributed by atoms with Crippen molar-refractivity contribution in [3.05, 3.63) is 47.5 Å². The average Bonchev–Trinajstić information content (AvgIpc) is 3.60. The summed E-state index contributed by atoms with van der Waals surface area (Å²) in [6, 6.07) is 6.59. The third kappa shape index (κ3) is 6.94. The molecule has 43 heavy (non-hydrogen) atoms.